The van der Waals surface area contributed by atoms with Crippen LogP contribution >= 0.6 is 0 Å². The summed E-state index contributed by atoms with van der Waals surface area (Å²) in [5.41, 5.74) is 2.76. The van der Waals surface area contributed by atoms with Gasteiger partial charge in [-0.2, -0.15) is 0 Å². The van der Waals surface area contributed by atoms with Crippen molar-refractivity contribution in [2.75, 3.05) is 12.4 Å². The first-order valence-corrected chi connectivity index (χ1v) is 5.96. The summed E-state index contributed by atoms with van der Waals surface area (Å²) in [7, 11) is 1.51. The minimum absolute atomic E-state index is 0.384. The SMILES string of the molecule is COc1ncc(F)cc1CNc1ccc(C)c(C)n1. The average molecular weight is 261 g/mol. The van der Waals surface area contributed by atoms with E-state index in [1.54, 1.807) is 0 Å². The van der Waals surface area contributed by atoms with E-state index in [1.807, 2.05) is 26.0 Å². The number of anilines is 1. The topological polar surface area (TPSA) is 47.0 Å². The summed E-state index contributed by atoms with van der Waals surface area (Å²) in [4.78, 5) is 8.28. The second-order valence-corrected chi connectivity index (χ2v) is 4.27. The van der Waals surface area contributed by atoms with Crippen LogP contribution < -0.4 is 10.1 Å². The Labute approximate surface area is 111 Å². The lowest BCUT2D eigenvalue weighted by atomic mass is 10.2. The van der Waals surface area contributed by atoms with E-state index in [-0.39, 0.29) is 5.82 Å². The van der Waals surface area contributed by atoms with Crippen molar-refractivity contribution < 1.29 is 9.13 Å². The molecule has 19 heavy (non-hydrogen) atoms. The predicted molar refractivity (Wildman–Crippen MR) is 71.8 cm³/mol. The quantitative estimate of drug-likeness (QED) is 0.919. The van der Waals surface area contributed by atoms with E-state index < -0.39 is 0 Å². The van der Waals surface area contributed by atoms with Crippen LogP contribution in [0.25, 0.3) is 0 Å². The molecule has 2 heterocycles. The van der Waals surface area contributed by atoms with E-state index in [9.17, 15) is 4.39 Å². The molecular formula is C14H16FN3O. The van der Waals surface area contributed by atoms with Gasteiger partial charge in [0.1, 0.15) is 11.6 Å². The fourth-order valence-corrected chi connectivity index (χ4v) is 1.69. The molecule has 0 aromatic carbocycles. The molecule has 100 valence electrons. The average Bonchev–Trinajstić information content (AvgIpc) is 2.40. The monoisotopic (exact) mass is 261 g/mol. The first-order chi connectivity index (χ1) is 9.10. The number of nitrogens with one attached hydrogen (secondary N) is 1. The second-order valence-electron chi connectivity index (χ2n) is 4.27. The lowest BCUT2D eigenvalue weighted by molar-refractivity contribution is 0.391. The second kappa shape index (κ2) is 5.65. The van der Waals surface area contributed by atoms with Crippen LogP contribution in [0.5, 0.6) is 5.88 Å². The number of halogens is 1. The van der Waals surface area contributed by atoms with Crippen molar-refractivity contribution in [2.45, 2.75) is 20.4 Å². The Morgan fingerprint density at radius 3 is 2.79 bits per heavy atom. The number of aromatic nitrogens is 2. The molecule has 0 spiro atoms. The van der Waals surface area contributed by atoms with E-state index in [0.717, 1.165) is 23.3 Å². The summed E-state index contributed by atoms with van der Waals surface area (Å²) in [5.74, 6) is 0.776. The fourth-order valence-electron chi connectivity index (χ4n) is 1.69. The predicted octanol–water partition coefficient (Wildman–Crippen LogP) is 2.85. The standard InChI is InChI=1S/C14H16FN3O/c1-9-4-5-13(18-10(9)2)16-7-11-6-12(15)8-17-14(11)19-3/h4-6,8H,7H2,1-3H3,(H,16,18). The lowest BCUT2D eigenvalue weighted by Crippen LogP contribution is -2.05. The minimum atomic E-state index is -0.384. The van der Waals surface area contributed by atoms with E-state index in [2.05, 4.69) is 15.3 Å². The van der Waals surface area contributed by atoms with Gasteiger partial charge in [0.15, 0.2) is 0 Å². The van der Waals surface area contributed by atoms with Gasteiger partial charge in [-0.25, -0.2) is 14.4 Å². The third-order valence-corrected chi connectivity index (χ3v) is 2.90. The van der Waals surface area contributed by atoms with Crippen molar-refractivity contribution in [3.05, 3.63) is 47.0 Å². The van der Waals surface area contributed by atoms with Crippen molar-refractivity contribution in [1.29, 1.82) is 0 Å². The van der Waals surface area contributed by atoms with Crippen LogP contribution in [0.4, 0.5) is 10.2 Å². The zero-order chi connectivity index (χ0) is 13.8. The summed E-state index contributed by atoms with van der Waals surface area (Å²) in [5, 5.41) is 3.13. The maximum atomic E-state index is 13.2. The summed E-state index contributed by atoms with van der Waals surface area (Å²) >= 11 is 0. The molecule has 0 atom stereocenters. The molecule has 0 aliphatic heterocycles. The van der Waals surface area contributed by atoms with Gasteiger partial charge in [0.2, 0.25) is 5.88 Å². The van der Waals surface area contributed by atoms with Gasteiger partial charge < -0.3 is 10.1 Å². The van der Waals surface area contributed by atoms with Gasteiger partial charge in [0.05, 0.1) is 13.3 Å². The Kier molecular flexibility index (Phi) is 3.94. The molecule has 0 fully saturated rings. The van der Waals surface area contributed by atoms with Crippen LogP contribution in [0.1, 0.15) is 16.8 Å². The third kappa shape index (κ3) is 3.19. The molecule has 0 radical (unpaired) electrons. The molecule has 2 rings (SSSR count). The highest BCUT2D eigenvalue weighted by Crippen LogP contribution is 2.17. The molecule has 2 aromatic heterocycles. The number of pyridine rings is 2. The van der Waals surface area contributed by atoms with E-state index in [4.69, 9.17) is 4.74 Å². The Balaban J connectivity index is 2.13. The Hall–Kier alpha value is -2.17. The van der Waals surface area contributed by atoms with Gasteiger partial charge >= 0.3 is 0 Å². The highest BCUT2D eigenvalue weighted by atomic mass is 19.1. The molecule has 0 saturated carbocycles. The summed E-state index contributed by atoms with van der Waals surface area (Å²) < 4.78 is 18.3. The number of ether oxygens (including phenoxy) is 1. The number of hydrogen-bond acceptors (Lipinski definition) is 4. The Morgan fingerprint density at radius 1 is 1.32 bits per heavy atom. The summed E-state index contributed by atoms with van der Waals surface area (Å²) in [6, 6.07) is 5.28. The maximum Gasteiger partial charge on any atom is 0.218 e. The number of rotatable bonds is 4. The third-order valence-electron chi connectivity index (χ3n) is 2.90. The molecule has 0 aliphatic rings. The van der Waals surface area contributed by atoms with Gasteiger partial charge in [0, 0.05) is 17.8 Å². The Morgan fingerprint density at radius 2 is 2.11 bits per heavy atom. The number of aryl methyl sites for hydroxylation is 2. The highest BCUT2D eigenvalue weighted by Gasteiger charge is 2.06. The van der Waals surface area contributed by atoms with Crippen molar-refractivity contribution in [3.63, 3.8) is 0 Å². The summed E-state index contributed by atoms with van der Waals surface area (Å²) in [6.07, 6.45) is 1.14. The van der Waals surface area contributed by atoms with E-state index >= 15 is 0 Å². The van der Waals surface area contributed by atoms with Crippen LogP contribution in [0.2, 0.25) is 0 Å². The van der Waals surface area contributed by atoms with E-state index in [0.29, 0.717) is 18.0 Å². The molecule has 0 amide bonds. The number of hydrogen-bond donors (Lipinski definition) is 1. The fraction of sp³-hybridized carbons (Fsp3) is 0.286. The molecule has 2 aromatic rings. The van der Waals surface area contributed by atoms with Gasteiger partial charge in [-0.05, 0) is 31.5 Å². The molecule has 1 N–H and O–H groups in total. The zero-order valence-electron chi connectivity index (χ0n) is 11.2. The van der Waals surface area contributed by atoms with Crippen molar-refractivity contribution in [1.82, 2.24) is 9.97 Å². The molecular weight excluding hydrogens is 245 g/mol. The van der Waals surface area contributed by atoms with Crippen LogP contribution in [-0.4, -0.2) is 17.1 Å². The summed E-state index contributed by atoms with van der Waals surface area (Å²) in [6.45, 7) is 4.36. The smallest absolute Gasteiger partial charge is 0.218 e. The minimum Gasteiger partial charge on any atom is -0.481 e. The van der Waals surface area contributed by atoms with Crippen molar-refractivity contribution >= 4 is 5.82 Å². The van der Waals surface area contributed by atoms with Gasteiger partial charge in [-0.15, -0.1) is 0 Å². The van der Waals surface area contributed by atoms with Crippen molar-refractivity contribution in [2.24, 2.45) is 0 Å². The maximum absolute atomic E-state index is 13.2. The number of methoxy groups -OCH3 is 1. The lowest BCUT2D eigenvalue weighted by Gasteiger charge is -2.10. The van der Waals surface area contributed by atoms with Crippen LogP contribution in [0, 0.1) is 19.7 Å². The van der Waals surface area contributed by atoms with Crippen LogP contribution in [-0.2, 0) is 6.54 Å². The van der Waals surface area contributed by atoms with Crippen LogP contribution in [0.15, 0.2) is 24.4 Å². The van der Waals surface area contributed by atoms with E-state index in [1.165, 1.54) is 13.2 Å². The molecule has 5 heteroatoms. The molecule has 0 saturated heterocycles. The first kappa shape index (κ1) is 13.3. The van der Waals surface area contributed by atoms with Gasteiger partial charge in [-0.1, -0.05) is 6.07 Å². The molecule has 0 bridgehead atoms. The normalized spacial score (nSPS) is 10.3. The number of nitrogens with zero attached hydrogens (tertiary/aromatic N) is 2. The van der Waals surface area contributed by atoms with Crippen molar-refractivity contribution in [3.8, 4) is 5.88 Å². The largest absolute Gasteiger partial charge is 0.481 e. The molecule has 4 nitrogen and oxygen atoms in total. The van der Waals surface area contributed by atoms with Gasteiger partial charge in [-0.3, -0.25) is 0 Å². The first-order valence-electron chi connectivity index (χ1n) is 5.96. The van der Waals surface area contributed by atoms with Crippen LogP contribution in [0.3, 0.4) is 0 Å². The molecule has 0 unspecified atom stereocenters. The highest BCUT2D eigenvalue weighted by molar-refractivity contribution is 5.40. The molecule has 0 aliphatic carbocycles. The zero-order valence-corrected chi connectivity index (χ0v) is 11.2. The Bertz CT molecular complexity index is 587. The van der Waals surface area contributed by atoms with Gasteiger partial charge in [0.25, 0.3) is 0 Å².